The minimum atomic E-state index is -0.284. The highest BCUT2D eigenvalue weighted by molar-refractivity contribution is 5.95. The Labute approximate surface area is 249 Å². The van der Waals surface area contributed by atoms with Gasteiger partial charge >= 0.3 is 0 Å². The molecule has 3 heterocycles. The fraction of sp³-hybridized carbons (Fsp3) is 0.222. The van der Waals surface area contributed by atoms with Crippen molar-refractivity contribution in [2.24, 2.45) is 0 Å². The lowest BCUT2D eigenvalue weighted by Crippen LogP contribution is -2.10. The molecule has 218 valence electrons. The largest absolute Gasteiger partial charge is 0.359 e. The molecule has 0 saturated heterocycles. The number of aromatic nitrogens is 4. The minimum Gasteiger partial charge on any atom is -0.359 e. The van der Waals surface area contributed by atoms with Gasteiger partial charge in [-0.2, -0.15) is 5.10 Å². The smallest absolute Gasteiger partial charge is 0.131 e. The van der Waals surface area contributed by atoms with Crippen LogP contribution < -0.4 is 5.32 Å². The van der Waals surface area contributed by atoms with E-state index in [2.05, 4.69) is 52.1 Å². The Morgan fingerprint density at radius 2 is 1.88 bits per heavy atom. The fourth-order valence-corrected chi connectivity index (χ4v) is 4.64. The molecule has 0 aliphatic carbocycles. The second-order valence-electron chi connectivity index (χ2n) is 9.58. The van der Waals surface area contributed by atoms with E-state index in [1.807, 2.05) is 64.1 Å². The van der Waals surface area contributed by atoms with Crippen LogP contribution in [-0.2, 0) is 0 Å². The molecule has 0 fully saturated rings. The van der Waals surface area contributed by atoms with Gasteiger partial charge in [-0.1, -0.05) is 83.4 Å². The quantitative estimate of drug-likeness (QED) is 0.150. The molecular formula is C36H42FN5. The Morgan fingerprint density at radius 1 is 1.12 bits per heavy atom. The molecule has 6 heteroatoms. The molecule has 0 aliphatic heterocycles. The van der Waals surface area contributed by atoms with Crippen molar-refractivity contribution in [1.29, 1.82) is 0 Å². The summed E-state index contributed by atoms with van der Waals surface area (Å²) < 4.78 is 14.7. The molecule has 0 unspecified atom stereocenters. The van der Waals surface area contributed by atoms with E-state index < -0.39 is 0 Å². The van der Waals surface area contributed by atoms with Gasteiger partial charge in [-0.05, 0) is 68.2 Å². The Morgan fingerprint density at radius 3 is 2.55 bits per heavy atom. The number of aryl methyl sites for hydroxylation is 1. The van der Waals surface area contributed by atoms with Gasteiger partial charge in [0.15, 0.2) is 0 Å². The zero-order valence-corrected chi connectivity index (χ0v) is 25.4. The first-order chi connectivity index (χ1) is 20.4. The lowest BCUT2D eigenvalue weighted by molar-refractivity contribution is 0.624. The summed E-state index contributed by atoms with van der Waals surface area (Å²) >= 11 is 0. The van der Waals surface area contributed by atoms with Gasteiger partial charge in [-0.15, -0.1) is 0 Å². The van der Waals surface area contributed by atoms with Gasteiger partial charge in [-0.3, -0.25) is 10.1 Å². The molecule has 3 aromatic heterocycles. The number of pyridine rings is 1. The summed E-state index contributed by atoms with van der Waals surface area (Å²) in [6.07, 6.45) is 14.2. The maximum Gasteiger partial charge on any atom is 0.131 e. The molecule has 0 spiro atoms. The van der Waals surface area contributed by atoms with Crippen LogP contribution >= 0.6 is 0 Å². The van der Waals surface area contributed by atoms with E-state index in [1.54, 1.807) is 30.5 Å². The predicted octanol–water partition coefficient (Wildman–Crippen LogP) is 9.81. The number of rotatable bonds is 12. The number of nitrogens with zero attached hydrogens (tertiary/aromatic N) is 2. The first kappa shape index (κ1) is 31.8. The molecule has 5 nitrogen and oxygen atoms in total. The fourth-order valence-electron chi connectivity index (χ4n) is 4.64. The monoisotopic (exact) mass is 563 g/mol. The molecule has 0 radical (unpaired) electrons. The highest BCUT2D eigenvalue weighted by atomic mass is 19.1. The van der Waals surface area contributed by atoms with E-state index >= 15 is 0 Å². The zero-order valence-electron chi connectivity index (χ0n) is 25.4. The third kappa shape index (κ3) is 7.32. The van der Waals surface area contributed by atoms with Crippen molar-refractivity contribution in [3.63, 3.8) is 0 Å². The van der Waals surface area contributed by atoms with Gasteiger partial charge in [0.05, 0.1) is 23.1 Å². The van der Waals surface area contributed by atoms with Gasteiger partial charge in [-0.25, -0.2) is 4.39 Å². The molecule has 0 saturated carbocycles. The molecule has 0 amide bonds. The van der Waals surface area contributed by atoms with Gasteiger partial charge in [0.1, 0.15) is 11.5 Å². The Kier molecular flexibility index (Phi) is 11.6. The van der Waals surface area contributed by atoms with Crippen LogP contribution in [0.4, 0.5) is 4.39 Å². The van der Waals surface area contributed by atoms with Crippen LogP contribution in [0, 0.1) is 12.7 Å². The first-order valence-electron chi connectivity index (χ1n) is 14.5. The molecule has 0 atom stereocenters. The van der Waals surface area contributed by atoms with Crippen molar-refractivity contribution in [3.05, 3.63) is 132 Å². The van der Waals surface area contributed by atoms with Crippen LogP contribution in [0.1, 0.15) is 69.5 Å². The van der Waals surface area contributed by atoms with Crippen molar-refractivity contribution in [3.8, 4) is 11.4 Å². The average molecular weight is 564 g/mol. The van der Waals surface area contributed by atoms with Crippen molar-refractivity contribution < 1.29 is 4.39 Å². The van der Waals surface area contributed by atoms with Crippen LogP contribution in [0.25, 0.3) is 33.4 Å². The van der Waals surface area contributed by atoms with Gasteiger partial charge in [0.2, 0.25) is 0 Å². The number of aromatic amines is 2. The molecule has 1 aromatic carbocycles. The van der Waals surface area contributed by atoms with E-state index in [9.17, 15) is 4.39 Å². The Bertz CT molecular complexity index is 1640. The lowest BCUT2D eigenvalue weighted by atomic mass is 9.97. The van der Waals surface area contributed by atoms with E-state index in [1.165, 1.54) is 6.07 Å². The predicted molar refractivity (Wildman–Crippen MR) is 177 cm³/mol. The first-order valence-corrected chi connectivity index (χ1v) is 14.5. The number of benzene rings is 1. The number of fused-ring (bicyclic) bond motifs is 1. The van der Waals surface area contributed by atoms with E-state index in [-0.39, 0.29) is 5.82 Å². The third-order valence-corrected chi connectivity index (χ3v) is 6.75. The summed E-state index contributed by atoms with van der Waals surface area (Å²) in [6.45, 7) is 22.1. The molecule has 0 bridgehead atoms. The van der Waals surface area contributed by atoms with Crippen molar-refractivity contribution in [2.75, 3.05) is 0 Å². The highest BCUT2D eigenvalue weighted by Gasteiger charge is 2.18. The maximum atomic E-state index is 14.7. The van der Waals surface area contributed by atoms with Crippen LogP contribution in [-0.4, -0.2) is 20.2 Å². The van der Waals surface area contributed by atoms with Crippen LogP contribution in [0.5, 0.6) is 0 Å². The van der Waals surface area contributed by atoms with Gasteiger partial charge in [0, 0.05) is 33.6 Å². The lowest BCUT2D eigenvalue weighted by Gasteiger charge is -2.11. The molecule has 3 N–H and O–H groups in total. The number of hydrogen-bond acceptors (Lipinski definition) is 3. The number of hydrogen-bond donors (Lipinski definition) is 3. The Balaban J connectivity index is 0.00000237. The molecule has 4 rings (SSSR count). The second kappa shape index (κ2) is 15.3. The van der Waals surface area contributed by atoms with Crippen LogP contribution in [0.3, 0.4) is 0 Å². The van der Waals surface area contributed by atoms with Crippen LogP contribution in [0.2, 0.25) is 0 Å². The summed E-state index contributed by atoms with van der Waals surface area (Å²) in [5.74, 6) is -0.284. The number of halogens is 1. The highest BCUT2D eigenvalue weighted by Crippen LogP contribution is 2.34. The summed E-state index contributed by atoms with van der Waals surface area (Å²) in [4.78, 5) is 8.13. The SMILES string of the molecule is C=C/C=C(/c1ccccc1F)c1cc(-c2n[nH]c3cnc(C(/C=C(\C=C)NC(=C)CCCC)=C/C)cc23)[nH]c1C.CC. The number of unbranched alkanes of at least 4 members (excludes halogenated alkanes) is 1. The topological polar surface area (TPSA) is 69.4 Å². The number of allylic oxidation sites excluding steroid dienone is 7. The van der Waals surface area contributed by atoms with Crippen molar-refractivity contribution in [1.82, 2.24) is 25.5 Å². The van der Waals surface area contributed by atoms with Crippen molar-refractivity contribution >= 4 is 22.0 Å². The van der Waals surface area contributed by atoms with Gasteiger partial charge < -0.3 is 10.3 Å². The Hall–Kier alpha value is -4.71. The molecule has 0 aliphatic rings. The van der Waals surface area contributed by atoms with Crippen molar-refractivity contribution in [2.45, 2.75) is 53.9 Å². The number of nitrogens with one attached hydrogen (secondary N) is 3. The maximum absolute atomic E-state index is 14.7. The molecular weight excluding hydrogens is 521 g/mol. The van der Waals surface area contributed by atoms with E-state index in [0.29, 0.717) is 5.56 Å². The van der Waals surface area contributed by atoms with E-state index in [0.717, 1.165) is 81.0 Å². The standard InChI is InChI=1S/C34H36FN5.C2H6/c1-7-11-15-22(5)37-25(10-4)18-24(9-3)31-20-29-33(21-36-31)39-40-34(29)32-19-28(23(6)38-32)26(14-8-2)27-16-12-13-17-30(27)35;1-2/h8-10,12-14,16-21,37-38H,2,4-5,7,11,15H2,1,3,6H3,(H,39,40);1-2H3/b24-9+,25-18+,26-14-;. The summed E-state index contributed by atoms with van der Waals surface area (Å²) in [7, 11) is 0. The second-order valence-corrected chi connectivity index (χ2v) is 9.58. The zero-order chi connectivity index (χ0) is 30.6. The summed E-state index contributed by atoms with van der Waals surface area (Å²) in [5, 5.41) is 12.0. The number of H-pyrrole nitrogens is 2. The summed E-state index contributed by atoms with van der Waals surface area (Å²) in [5.41, 5.74) is 9.02. The molecule has 42 heavy (non-hydrogen) atoms. The van der Waals surface area contributed by atoms with Gasteiger partial charge in [0.25, 0.3) is 0 Å². The average Bonchev–Trinajstić information content (AvgIpc) is 3.61. The molecule has 4 aromatic rings. The normalized spacial score (nSPS) is 12.1. The van der Waals surface area contributed by atoms with E-state index in [4.69, 9.17) is 0 Å². The van der Waals surface area contributed by atoms with Crippen LogP contribution in [0.15, 0.2) is 104 Å². The third-order valence-electron chi connectivity index (χ3n) is 6.75. The summed E-state index contributed by atoms with van der Waals surface area (Å²) in [6, 6.07) is 10.8. The minimum absolute atomic E-state index is 0.284.